The highest BCUT2D eigenvalue weighted by molar-refractivity contribution is 6.11. The molecule has 13 aromatic rings. The third-order valence-corrected chi connectivity index (χ3v) is 16.2. The van der Waals surface area contributed by atoms with Crippen molar-refractivity contribution in [3.05, 3.63) is 330 Å². The van der Waals surface area contributed by atoms with Crippen LogP contribution in [0.1, 0.15) is 44.5 Å². The summed E-state index contributed by atoms with van der Waals surface area (Å²) in [6.07, 6.45) is 0. The quantitative estimate of drug-likeness (QED) is 0.151. The number of benzene rings is 12. The summed E-state index contributed by atoms with van der Waals surface area (Å²) in [4.78, 5) is 2.52. The first-order chi connectivity index (χ1) is 36.7. The molecule has 2 aliphatic rings. The van der Waals surface area contributed by atoms with Gasteiger partial charge >= 0.3 is 0 Å². The van der Waals surface area contributed by atoms with Gasteiger partial charge in [-0.25, -0.2) is 0 Å². The van der Waals surface area contributed by atoms with Crippen molar-refractivity contribution in [1.29, 1.82) is 0 Å². The van der Waals surface area contributed by atoms with Crippen molar-refractivity contribution in [3.8, 4) is 33.4 Å². The van der Waals surface area contributed by atoms with E-state index in [9.17, 15) is 0 Å². The predicted molar refractivity (Wildman–Crippen MR) is 306 cm³/mol. The lowest BCUT2D eigenvalue weighted by molar-refractivity contribution is 0.669. The second-order valence-corrected chi connectivity index (χ2v) is 19.9. The Bertz CT molecular complexity index is 4050. The Morgan fingerprint density at radius 3 is 1.19 bits per heavy atom. The lowest BCUT2D eigenvalue weighted by atomic mass is 9.67. The monoisotopic (exact) mass is 941 g/mol. The van der Waals surface area contributed by atoms with E-state index >= 15 is 0 Å². The number of hydrogen-bond acceptors (Lipinski definition) is 2. The molecule has 0 unspecified atom stereocenters. The molecule has 0 saturated carbocycles. The molecule has 0 fully saturated rings. The molecular weight excluding hydrogens is 895 g/mol. The smallest absolute Gasteiger partial charge is 0.136 e. The molecule has 0 saturated heterocycles. The first-order valence-electron chi connectivity index (χ1n) is 25.7. The van der Waals surface area contributed by atoms with Crippen LogP contribution in [0.3, 0.4) is 0 Å². The summed E-state index contributed by atoms with van der Waals surface area (Å²) in [5, 5.41) is 4.58. The van der Waals surface area contributed by atoms with Gasteiger partial charge in [0.25, 0.3) is 0 Å². The maximum absolute atomic E-state index is 6.58. The maximum atomic E-state index is 6.58. The number of hydrogen-bond donors (Lipinski definition) is 0. The average molecular weight is 942 g/mol. The van der Waals surface area contributed by atoms with Crippen molar-refractivity contribution < 1.29 is 4.42 Å². The highest BCUT2D eigenvalue weighted by atomic mass is 16.3. The van der Waals surface area contributed by atoms with Gasteiger partial charge in [-0.05, 0) is 138 Å². The second kappa shape index (κ2) is 16.5. The second-order valence-electron chi connectivity index (χ2n) is 19.9. The van der Waals surface area contributed by atoms with Crippen LogP contribution in [-0.4, -0.2) is 0 Å². The summed E-state index contributed by atoms with van der Waals surface area (Å²) in [5.41, 5.74) is 21.1. The molecule has 2 nitrogen and oxygen atoms in total. The molecule has 2 heteroatoms. The summed E-state index contributed by atoms with van der Waals surface area (Å²) in [7, 11) is 0. The van der Waals surface area contributed by atoms with Crippen molar-refractivity contribution in [2.24, 2.45) is 0 Å². The Labute approximate surface area is 430 Å². The predicted octanol–water partition coefficient (Wildman–Crippen LogP) is 18.6. The number of para-hydroxylation sites is 1. The van der Waals surface area contributed by atoms with Gasteiger partial charge in [-0.3, -0.25) is 0 Å². The van der Waals surface area contributed by atoms with Gasteiger partial charge in [0, 0.05) is 27.7 Å². The first-order valence-corrected chi connectivity index (χ1v) is 25.7. The van der Waals surface area contributed by atoms with Gasteiger partial charge in [0.1, 0.15) is 11.2 Å². The van der Waals surface area contributed by atoms with Crippen LogP contribution < -0.4 is 4.90 Å². The molecule has 0 radical (unpaired) electrons. The highest BCUT2D eigenvalue weighted by Gasteiger charge is 2.48. The van der Waals surface area contributed by atoms with E-state index in [0.29, 0.717) is 0 Å². The van der Waals surface area contributed by atoms with Gasteiger partial charge in [0.2, 0.25) is 0 Å². The van der Waals surface area contributed by atoms with Crippen molar-refractivity contribution in [3.63, 3.8) is 0 Å². The van der Waals surface area contributed by atoms with E-state index in [0.717, 1.165) is 50.1 Å². The molecule has 2 aliphatic carbocycles. The summed E-state index contributed by atoms with van der Waals surface area (Å²) in [6, 6.07) is 106. The fourth-order valence-electron chi connectivity index (χ4n) is 13.1. The van der Waals surface area contributed by atoms with Gasteiger partial charge in [-0.1, -0.05) is 231 Å². The van der Waals surface area contributed by atoms with Crippen LogP contribution >= 0.6 is 0 Å². The number of furan rings is 1. The molecule has 0 aliphatic heterocycles. The Morgan fingerprint density at radius 1 is 0.270 bits per heavy atom. The zero-order chi connectivity index (χ0) is 48.8. The fourth-order valence-corrected chi connectivity index (χ4v) is 13.1. The van der Waals surface area contributed by atoms with E-state index in [1.165, 1.54) is 77.5 Å². The average Bonchev–Trinajstić information content (AvgIpc) is 4.13. The van der Waals surface area contributed by atoms with E-state index < -0.39 is 10.8 Å². The lowest BCUT2D eigenvalue weighted by Gasteiger charge is -2.36. The Hall–Kier alpha value is -9.50. The van der Waals surface area contributed by atoms with E-state index in [4.69, 9.17) is 4.42 Å². The minimum atomic E-state index is -0.581. The molecule has 1 aromatic heterocycles. The minimum absolute atomic E-state index is 0.581. The summed E-state index contributed by atoms with van der Waals surface area (Å²) in [5.74, 6) is 0. The molecule has 0 N–H and O–H groups in total. The topological polar surface area (TPSA) is 16.4 Å². The van der Waals surface area contributed by atoms with Gasteiger partial charge in [-0.15, -0.1) is 0 Å². The third kappa shape index (κ3) is 6.06. The Morgan fingerprint density at radius 2 is 0.676 bits per heavy atom. The molecule has 0 atom stereocenters. The van der Waals surface area contributed by atoms with Gasteiger partial charge in [-0.2, -0.15) is 0 Å². The zero-order valence-electron chi connectivity index (χ0n) is 40.5. The van der Waals surface area contributed by atoms with Gasteiger partial charge < -0.3 is 9.32 Å². The van der Waals surface area contributed by atoms with Crippen LogP contribution in [0.15, 0.2) is 290 Å². The van der Waals surface area contributed by atoms with E-state index in [1.54, 1.807) is 0 Å². The Kier molecular flexibility index (Phi) is 9.43. The molecule has 74 heavy (non-hydrogen) atoms. The fraction of sp³-hybridized carbons (Fsp3) is 0.0278. The molecule has 1 heterocycles. The molecule has 0 spiro atoms. The van der Waals surface area contributed by atoms with Crippen molar-refractivity contribution in [1.82, 2.24) is 0 Å². The molecule has 12 aromatic carbocycles. The standard InChI is InChI=1S/C72H47NO/c1-5-23-51(24-6-1)71(52-25-7-2-8-26-52)64-34-18-15-32-58(64)60-40-38-55(46-66(60)71)73(68-36-20-17-31-57(68)50-37-42-69-62(44-50)63-43-48-21-13-14-22-49(48)45-70(63)74-69)56-39-41-61-59-33-16-19-35-65(59)72(67(61)47-56,53-27-9-3-10-28-53)54-29-11-4-12-30-54/h1-47H. The van der Waals surface area contributed by atoms with Crippen LogP contribution in [0.4, 0.5) is 17.1 Å². The summed E-state index contributed by atoms with van der Waals surface area (Å²) < 4.78 is 6.58. The van der Waals surface area contributed by atoms with Crippen LogP contribution in [-0.2, 0) is 10.8 Å². The van der Waals surface area contributed by atoms with Crippen LogP contribution in [0.5, 0.6) is 0 Å². The minimum Gasteiger partial charge on any atom is -0.456 e. The van der Waals surface area contributed by atoms with Crippen LogP contribution in [0.25, 0.3) is 66.1 Å². The number of nitrogens with zero attached hydrogens (tertiary/aromatic N) is 1. The maximum Gasteiger partial charge on any atom is 0.136 e. The molecule has 0 amide bonds. The number of rotatable bonds is 8. The molecular formula is C72H47NO. The van der Waals surface area contributed by atoms with Gasteiger partial charge in [0.15, 0.2) is 0 Å². The lowest BCUT2D eigenvalue weighted by Crippen LogP contribution is -2.29. The number of fused-ring (bicyclic) bond motifs is 10. The zero-order valence-corrected chi connectivity index (χ0v) is 40.5. The largest absolute Gasteiger partial charge is 0.456 e. The molecule has 346 valence electrons. The van der Waals surface area contributed by atoms with E-state index in [2.05, 4.69) is 290 Å². The van der Waals surface area contributed by atoms with Crippen molar-refractivity contribution >= 4 is 49.8 Å². The van der Waals surface area contributed by atoms with Gasteiger partial charge in [0.05, 0.1) is 16.5 Å². The normalized spacial score (nSPS) is 13.6. The van der Waals surface area contributed by atoms with E-state index in [1.807, 2.05) is 0 Å². The molecule has 15 rings (SSSR count). The van der Waals surface area contributed by atoms with Crippen molar-refractivity contribution in [2.45, 2.75) is 10.8 Å². The highest BCUT2D eigenvalue weighted by Crippen LogP contribution is 2.60. The summed E-state index contributed by atoms with van der Waals surface area (Å²) in [6.45, 7) is 0. The molecule has 0 bridgehead atoms. The first kappa shape index (κ1) is 42.2. The summed E-state index contributed by atoms with van der Waals surface area (Å²) >= 11 is 0. The Balaban J connectivity index is 1.02. The van der Waals surface area contributed by atoms with Crippen molar-refractivity contribution in [2.75, 3.05) is 4.90 Å². The van der Waals surface area contributed by atoms with Crippen LogP contribution in [0.2, 0.25) is 0 Å². The van der Waals surface area contributed by atoms with E-state index in [-0.39, 0.29) is 0 Å². The number of anilines is 3. The third-order valence-electron chi connectivity index (χ3n) is 16.2. The SMILES string of the molecule is c1ccc(C2(c3ccccc3)c3ccccc3-c3ccc(N(c4ccc5c(c4)C(c4ccccc4)(c4ccccc4)c4ccccc4-5)c4ccccc4-c4ccc5oc6cc7ccccc7cc6c5c4)cc32)cc1. The van der Waals surface area contributed by atoms with Crippen LogP contribution in [0, 0.1) is 0 Å².